The maximum absolute atomic E-state index is 10.0. The van der Waals surface area contributed by atoms with Gasteiger partial charge in [0.2, 0.25) is 6.54 Å². The SMILES string of the molecule is C/C=C/CO[Si](C)(C)OCC[N+](=O)[O-]. The largest absolute Gasteiger partial charge is 0.391 e. The average molecular weight is 219 g/mol. The fourth-order valence-corrected chi connectivity index (χ4v) is 1.92. The van der Waals surface area contributed by atoms with Crippen molar-refractivity contribution in [3.63, 3.8) is 0 Å². The number of hydrogen-bond donors (Lipinski definition) is 0. The lowest BCUT2D eigenvalue weighted by Crippen LogP contribution is -2.36. The number of nitro groups is 1. The molecular weight excluding hydrogens is 202 g/mol. The van der Waals surface area contributed by atoms with Gasteiger partial charge in [-0.25, -0.2) is 0 Å². The fraction of sp³-hybridized carbons (Fsp3) is 0.750. The summed E-state index contributed by atoms with van der Waals surface area (Å²) >= 11 is 0. The highest BCUT2D eigenvalue weighted by molar-refractivity contribution is 6.64. The van der Waals surface area contributed by atoms with E-state index < -0.39 is 13.5 Å². The van der Waals surface area contributed by atoms with Crippen LogP contribution in [-0.4, -0.2) is 33.2 Å². The van der Waals surface area contributed by atoms with Gasteiger partial charge in [0, 0.05) is 4.92 Å². The minimum Gasteiger partial charge on any atom is -0.391 e. The van der Waals surface area contributed by atoms with Gasteiger partial charge in [0.1, 0.15) is 6.61 Å². The van der Waals surface area contributed by atoms with Crippen molar-refractivity contribution in [2.24, 2.45) is 0 Å². The van der Waals surface area contributed by atoms with Gasteiger partial charge >= 0.3 is 8.56 Å². The van der Waals surface area contributed by atoms with Crippen molar-refractivity contribution in [1.82, 2.24) is 0 Å². The topological polar surface area (TPSA) is 61.6 Å². The molecule has 0 saturated heterocycles. The Balaban J connectivity index is 3.65. The zero-order chi connectivity index (χ0) is 11.0. The third-order valence-corrected chi connectivity index (χ3v) is 3.25. The van der Waals surface area contributed by atoms with Crippen molar-refractivity contribution in [3.05, 3.63) is 22.3 Å². The molecule has 0 N–H and O–H groups in total. The number of rotatable bonds is 7. The molecular formula is C8H17NO4Si. The van der Waals surface area contributed by atoms with Gasteiger partial charge in [-0.3, -0.25) is 10.1 Å². The van der Waals surface area contributed by atoms with Crippen LogP contribution in [0.5, 0.6) is 0 Å². The van der Waals surface area contributed by atoms with Gasteiger partial charge < -0.3 is 8.85 Å². The van der Waals surface area contributed by atoms with E-state index in [1.165, 1.54) is 0 Å². The van der Waals surface area contributed by atoms with E-state index >= 15 is 0 Å². The standard InChI is InChI=1S/C8H17NO4Si/c1-4-5-7-12-14(2,3)13-8-6-9(10)11/h4-5H,6-8H2,1-3H3/b5-4+. The van der Waals surface area contributed by atoms with Crippen LogP contribution in [0.3, 0.4) is 0 Å². The molecule has 0 atom stereocenters. The first-order valence-corrected chi connectivity index (χ1v) is 7.30. The molecule has 0 radical (unpaired) electrons. The van der Waals surface area contributed by atoms with Crippen molar-refractivity contribution in [3.8, 4) is 0 Å². The maximum Gasteiger partial charge on any atom is 0.332 e. The Morgan fingerprint density at radius 2 is 2.07 bits per heavy atom. The first-order valence-electron chi connectivity index (χ1n) is 4.49. The van der Waals surface area contributed by atoms with Gasteiger partial charge in [-0.05, 0) is 20.0 Å². The van der Waals surface area contributed by atoms with Gasteiger partial charge in [-0.2, -0.15) is 0 Å². The molecule has 0 aliphatic carbocycles. The van der Waals surface area contributed by atoms with Crippen LogP contribution in [0.1, 0.15) is 6.92 Å². The molecule has 0 heterocycles. The Morgan fingerprint density at radius 3 is 2.57 bits per heavy atom. The molecule has 6 heteroatoms. The third kappa shape index (κ3) is 7.90. The summed E-state index contributed by atoms with van der Waals surface area (Å²) in [4.78, 5) is 9.64. The lowest BCUT2D eigenvalue weighted by Gasteiger charge is -2.20. The van der Waals surface area contributed by atoms with Gasteiger partial charge in [0.15, 0.2) is 0 Å². The molecule has 0 aliphatic rings. The van der Waals surface area contributed by atoms with Crippen molar-refractivity contribution in [2.75, 3.05) is 19.8 Å². The van der Waals surface area contributed by atoms with Crippen LogP contribution in [0.4, 0.5) is 0 Å². The summed E-state index contributed by atoms with van der Waals surface area (Å²) in [7, 11) is -2.16. The van der Waals surface area contributed by atoms with Crippen LogP contribution >= 0.6 is 0 Å². The molecule has 0 fully saturated rings. The van der Waals surface area contributed by atoms with Gasteiger partial charge in [0.05, 0.1) is 6.61 Å². The average Bonchev–Trinajstić information content (AvgIpc) is 2.03. The van der Waals surface area contributed by atoms with Crippen molar-refractivity contribution < 1.29 is 13.8 Å². The van der Waals surface area contributed by atoms with Crippen LogP contribution < -0.4 is 0 Å². The Hall–Kier alpha value is -0.723. The Morgan fingerprint density at radius 1 is 1.43 bits per heavy atom. The monoisotopic (exact) mass is 219 g/mol. The van der Waals surface area contributed by atoms with Crippen LogP contribution in [0.15, 0.2) is 12.2 Å². The highest BCUT2D eigenvalue weighted by Gasteiger charge is 2.24. The molecule has 0 spiro atoms. The van der Waals surface area contributed by atoms with E-state index in [4.69, 9.17) is 8.85 Å². The lowest BCUT2D eigenvalue weighted by molar-refractivity contribution is -0.482. The van der Waals surface area contributed by atoms with Gasteiger partial charge in [-0.15, -0.1) is 0 Å². The summed E-state index contributed by atoms with van der Waals surface area (Å²) in [6.07, 6.45) is 3.77. The zero-order valence-electron chi connectivity index (χ0n) is 8.86. The van der Waals surface area contributed by atoms with E-state index in [-0.39, 0.29) is 13.2 Å². The molecule has 5 nitrogen and oxygen atoms in total. The van der Waals surface area contributed by atoms with Crippen molar-refractivity contribution in [1.29, 1.82) is 0 Å². The third-order valence-electron chi connectivity index (χ3n) is 1.49. The smallest absolute Gasteiger partial charge is 0.332 e. The number of hydrogen-bond acceptors (Lipinski definition) is 4. The van der Waals surface area contributed by atoms with Gasteiger partial charge in [0.25, 0.3) is 0 Å². The Bertz CT molecular complexity index is 206. The summed E-state index contributed by atoms with van der Waals surface area (Å²) in [5.74, 6) is 0. The second-order valence-corrected chi connectivity index (χ2v) is 6.56. The van der Waals surface area contributed by atoms with Crippen LogP contribution in [0.2, 0.25) is 13.1 Å². The summed E-state index contributed by atoms with van der Waals surface area (Å²) in [6.45, 7) is 6.12. The van der Waals surface area contributed by atoms with Crippen molar-refractivity contribution >= 4 is 8.56 Å². The summed E-state index contributed by atoms with van der Waals surface area (Å²) in [6, 6.07) is 0. The second-order valence-electron chi connectivity index (χ2n) is 3.18. The molecule has 0 aromatic rings. The predicted octanol–water partition coefficient (Wildman–Crippen LogP) is 1.57. The normalized spacial score (nSPS) is 12.2. The van der Waals surface area contributed by atoms with Crippen LogP contribution in [-0.2, 0) is 8.85 Å². The van der Waals surface area contributed by atoms with Gasteiger partial charge in [-0.1, -0.05) is 12.2 Å². The molecule has 82 valence electrons. The maximum atomic E-state index is 10.0. The molecule has 0 aromatic heterocycles. The molecule has 0 bridgehead atoms. The Kier molecular flexibility index (Phi) is 6.34. The van der Waals surface area contributed by atoms with E-state index in [0.29, 0.717) is 6.61 Å². The Labute approximate surface area is 85.1 Å². The second kappa shape index (κ2) is 6.69. The molecule has 14 heavy (non-hydrogen) atoms. The molecule has 0 saturated carbocycles. The molecule has 0 aromatic carbocycles. The van der Waals surface area contributed by atoms with E-state index in [9.17, 15) is 10.1 Å². The molecule has 0 unspecified atom stereocenters. The first kappa shape index (κ1) is 13.3. The van der Waals surface area contributed by atoms with E-state index in [0.717, 1.165) is 0 Å². The summed E-state index contributed by atoms with van der Waals surface area (Å²) in [5, 5.41) is 10.0. The number of nitrogens with zero attached hydrogens (tertiary/aromatic N) is 1. The zero-order valence-corrected chi connectivity index (χ0v) is 9.86. The minimum atomic E-state index is -2.16. The number of allylic oxidation sites excluding steroid dienone is 1. The van der Waals surface area contributed by atoms with Crippen LogP contribution in [0, 0.1) is 10.1 Å². The van der Waals surface area contributed by atoms with Crippen LogP contribution in [0.25, 0.3) is 0 Å². The highest BCUT2D eigenvalue weighted by atomic mass is 28.4. The van der Waals surface area contributed by atoms with E-state index in [1.807, 2.05) is 32.2 Å². The van der Waals surface area contributed by atoms with E-state index in [1.54, 1.807) is 0 Å². The van der Waals surface area contributed by atoms with Crippen molar-refractivity contribution in [2.45, 2.75) is 20.0 Å². The molecule has 0 rings (SSSR count). The fourth-order valence-electron chi connectivity index (χ4n) is 0.753. The first-order chi connectivity index (χ1) is 6.48. The molecule has 0 amide bonds. The summed E-state index contributed by atoms with van der Waals surface area (Å²) in [5.41, 5.74) is 0. The van der Waals surface area contributed by atoms with E-state index in [2.05, 4.69) is 0 Å². The lowest BCUT2D eigenvalue weighted by atomic mass is 10.6. The molecule has 0 aliphatic heterocycles. The minimum absolute atomic E-state index is 0.127. The summed E-state index contributed by atoms with van der Waals surface area (Å²) < 4.78 is 10.8. The predicted molar refractivity (Wildman–Crippen MR) is 56.1 cm³/mol. The highest BCUT2D eigenvalue weighted by Crippen LogP contribution is 2.05. The quantitative estimate of drug-likeness (QED) is 0.282.